The molecule has 0 aliphatic carbocycles. The van der Waals surface area contributed by atoms with E-state index in [1.54, 1.807) is 11.9 Å². The van der Waals surface area contributed by atoms with Gasteiger partial charge in [0, 0.05) is 23.5 Å². The molecule has 3 aromatic rings. The summed E-state index contributed by atoms with van der Waals surface area (Å²) in [5.74, 6) is 0.608. The molecule has 3 aromatic carbocycles. The highest BCUT2D eigenvalue weighted by Gasteiger charge is 2.62. The van der Waals surface area contributed by atoms with Crippen LogP contribution in [0.3, 0.4) is 0 Å². The Morgan fingerprint density at radius 2 is 1.78 bits per heavy atom. The smallest absolute Gasteiger partial charge is 0.306 e. The third-order valence-electron chi connectivity index (χ3n) is 6.68. The van der Waals surface area contributed by atoms with Crippen LogP contribution < -0.4 is 9.64 Å². The van der Waals surface area contributed by atoms with Crippen molar-refractivity contribution in [2.45, 2.75) is 32.0 Å². The molecular weight excluding hydrogens is 466 g/mol. The number of carbonyl (C=O) groups is 1. The first kappa shape index (κ1) is 19.6. The highest BCUT2D eigenvalue weighted by atomic mass is 79.9. The van der Waals surface area contributed by atoms with Gasteiger partial charge in [-0.25, -0.2) is 5.01 Å². The Labute approximate surface area is 195 Å². The number of likely N-dealkylation sites (N-methyl/N-ethyl adjacent to an activating group) is 1. The van der Waals surface area contributed by atoms with E-state index in [4.69, 9.17) is 9.84 Å². The summed E-state index contributed by atoms with van der Waals surface area (Å²) in [5.41, 5.74) is 5.74. The fourth-order valence-corrected chi connectivity index (χ4v) is 5.41. The summed E-state index contributed by atoms with van der Waals surface area (Å²) in [4.78, 5) is 15.5. The van der Waals surface area contributed by atoms with E-state index >= 15 is 0 Å². The van der Waals surface area contributed by atoms with Crippen molar-refractivity contribution in [1.82, 2.24) is 5.01 Å². The standard InChI is InChI=1S/C26H22BrN3O2/c1-15-4-7-17(8-5-15)21-14-23-19-13-18(27)9-11-24(19)32-26(30(23)28-21)20-12-16(2)6-10-22(20)29(3)25(26)31/h4-13,23H,14H2,1-3H3/t23-,26-/m1/s1. The van der Waals surface area contributed by atoms with Crippen LogP contribution in [0.15, 0.2) is 70.2 Å². The predicted octanol–water partition coefficient (Wildman–Crippen LogP) is 5.44. The number of halogens is 1. The topological polar surface area (TPSA) is 45.1 Å². The van der Waals surface area contributed by atoms with Crippen LogP contribution in [0, 0.1) is 13.8 Å². The lowest BCUT2D eigenvalue weighted by molar-refractivity contribution is -0.163. The Balaban J connectivity index is 1.59. The molecule has 3 heterocycles. The van der Waals surface area contributed by atoms with Crippen molar-refractivity contribution >= 4 is 33.2 Å². The van der Waals surface area contributed by atoms with Crippen LogP contribution in [0.4, 0.5) is 5.69 Å². The molecule has 0 N–H and O–H groups in total. The molecule has 3 aliphatic rings. The molecule has 1 amide bonds. The lowest BCUT2D eigenvalue weighted by Gasteiger charge is -2.44. The van der Waals surface area contributed by atoms with Crippen molar-refractivity contribution in [3.63, 3.8) is 0 Å². The van der Waals surface area contributed by atoms with Crippen LogP contribution >= 0.6 is 15.9 Å². The van der Waals surface area contributed by atoms with Gasteiger partial charge in [0.05, 0.1) is 23.0 Å². The van der Waals surface area contributed by atoms with Crippen LogP contribution in [0.2, 0.25) is 0 Å². The molecule has 6 rings (SSSR count). The zero-order valence-electron chi connectivity index (χ0n) is 18.1. The molecule has 3 aliphatic heterocycles. The van der Waals surface area contributed by atoms with Crippen LogP contribution in [0.25, 0.3) is 0 Å². The second-order valence-corrected chi connectivity index (χ2v) is 9.71. The van der Waals surface area contributed by atoms with E-state index in [9.17, 15) is 4.79 Å². The highest BCUT2D eigenvalue weighted by Crippen LogP contribution is 2.55. The fraction of sp³-hybridized carbons (Fsp3) is 0.231. The SMILES string of the molecule is Cc1ccc(C2=NN3[C@H](C2)c2cc(Br)ccc2O[C@]32C(=O)N(C)c3ccc(C)cc32)cc1. The van der Waals surface area contributed by atoms with E-state index < -0.39 is 5.72 Å². The lowest BCUT2D eigenvalue weighted by Crippen LogP contribution is -2.56. The molecule has 0 unspecified atom stereocenters. The Morgan fingerprint density at radius 1 is 1.03 bits per heavy atom. The largest absolute Gasteiger partial charge is 0.453 e. The van der Waals surface area contributed by atoms with Gasteiger partial charge < -0.3 is 9.64 Å². The number of hydrazone groups is 1. The Hall–Kier alpha value is -3.12. The molecule has 2 atom stereocenters. The number of anilines is 1. The molecule has 0 radical (unpaired) electrons. The molecular formula is C26H22BrN3O2. The third kappa shape index (κ3) is 2.56. The second kappa shape index (κ2) is 6.69. The number of nitrogens with zero attached hydrogens (tertiary/aromatic N) is 3. The number of hydrogen-bond donors (Lipinski definition) is 0. The first-order valence-corrected chi connectivity index (χ1v) is 11.5. The van der Waals surface area contributed by atoms with Gasteiger partial charge in [-0.3, -0.25) is 4.79 Å². The summed E-state index contributed by atoms with van der Waals surface area (Å²) >= 11 is 3.60. The number of aryl methyl sites for hydroxylation is 2. The van der Waals surface area contributed by atoms with Crippen molar-refractivity contribution in [1.29, 1.82) is 0 Å². The Bertz CT molecular complexity index is 1320. The van der Waals surface area contributed by atoms with Crippen molar-refractivity contribution in [2.24, 2.45) is 5.10 Å². The lowest BCUT2D eigenvalue weighted by atomic mass is 9.92. The number of hydrogen-bond acceptors (Lipinski definition) is 4. The van der Waals surface area contributed by atoms with E-state index in [2.05, 4.69) is 59.3 Å². The number of rotatable bonds is 1. The molecule has 6 heteroatoms. The average Bonchev–Trinajstić information content (AvgIpc) is 3.31. The minimum atomic E-state index is -1.31. The normalized spacial score (nSPS) is 23.1. The van der Waals surface area contributed by atoms with Gasteiger partial charge >= 0.3 is 5.72 Å². The predicted molar refractivity (Wildman–Crippen MR) is 128 cm³/mol. The zero-order valence-corrected chi connectivity index (χ0v) is 19.7. The number of benzene rings is 3. The average molecular weight is 488 g/mol. The summed E-state index contributed by atoms with van der Waals surface area (Å²) in [6.07, 6.45) is 0.704. The van der Waals surface area contributed by atoms with Gasteiger partial charge in [-0.15, -0.1) is 0 Å². The molecule has 0 saturated carbocycles. The molecule has 1 spiro atoms. The molecule has 0 bridgehead atoms. The van der Waals surface area contributed by atoms with Gasteiger partial charge in [-0.1, -0.05) is 57.4 Å². The number of fused-ring (bicyclic) bond motifs is 6. The van der Waals surface area contributed by atoms with E-state index in [0.717, 1.165) is 43.9 Å². The van der Waals surface area contributed by atoms with Crippen molar-refractivity contribution in [3.05, 3.63) is 93.0 Å². The summed E-state index contributed by atoms with van der Waals surface area (Å²) in [7, 11) is 1.81. The van der Waals surface area contributed by atoms with Crippen molar-refractivity contribution < 1.29 is 9.53 Å². The number of amides is 1. The first-order valence-electron chi connectivity index (χ1n) is 10.7. The van der Waals surface area contributed by atoms with Crippen molar-refractivity contribution in [2.75, 3.05) is 11.9 Å². The van der Waals surface area contributed by atoms with E-state index in [-0.39, 0.29) is 11.9 Å². The van der Waals surface area contributed by atoms with Crippen molar-refractivity contribution in [3.8, 4) is 5.75 Å². The zero-order chi connectivity index (χ0) is 22.2. The molecule has 0 saturated heterocycles. The quantitative estimate of drug-likeness (QED) is 0.459. The minimum Gasteiger partial charge on any atom is -0.453 e. The minimum absolute atomic E-state index is 0.101. The summed E-state index contributed by atoms with van der Waals surface area (Å²) in [5, 5.41) is 6.95. The van der Waals surface area contributed by atoms with Gasteiger partial charge in [0.1, 0.15) is 5.75 Å². The third-order valence-corrected chi connectivity index (χ3v) is 7.17. The maximum atomic E-state index is 13.8. The van der Waals surface area contributed by atoms with Gasteiger partial charge in [0.15, 0.2) is 0 Å². The maximum Gasteiger partial charge on any atom is 0.306 e. The van der Waals surface area contributed by atoms with Gasteiger partial charge in [0.25, 0.3) is 5.91 Å². The maximum absolute atomic E-state index is 13.8. The van der Waals surface area contributed by atoms with Gasteiger partial charge in [-0.05, 0) is 49.7 Å². The molecule has 160 valence electrons. The van der Waals surface area contributed by atoms with E-state index in [0.29, 0.717) is 6.42 Å². The molecule has 0 aromatic heterocycles. The number of ether oxygens (including phenoxy) is 1. The van der Waals surface area contributed by atoms with Crippen LogP contribution in [0.1, 0.15) is 40.3 Å². The van der Waals surface area contributed by atoms with Gasteiger partial charge in [-0.2, -0.15) is 5.10 Å². The van der Waals surface area contributed by atoms with Crippen LogP contribution in [0.5, 0.6) is 5.75 Å². The van der Waals surface area contributed by atoms with E-state index in [1.165, 1.54) is 5.56 Å². The Kier molecular flexibility index (Phi) is 4.09. The second-order valence-electron chi connectivity index (χ2n) is 8.79. The molecule has 32 heavy (non-hydrogen) atoms. The van der Waals surface area contributed by atoms with E-state index in [1.807, 2.05) is 36.2 Å². The first-order chi connectivity index (χ1) is 15.4. The van der Waals surface area contributed by atoms with Gasteiger partial charge in [0.2, 0.25) is 0 Å². The summed E-state index contributed by atoms with van der Waals surface area (Å²) < 4.78 is 7.60. The molecule has 0 fully saturated rings. The monoisotopic (exact) mass is 487 g/mol. The Morgan fingerprint density at radius 3 is 2.56 bits per heavy atom. The fourth-order valence-electron chi connectivity index (χ4n) is 5.03. The summed E-state index contributed by atoms with van der Waals surface area (Å²) in [6, 6.07) is 20.3. The highest BCUT2D eigenvalue weighted by molar-refractivity contribution is 9.10. The molecule has 5 nitrogen and oxygen atoms in total. The van der Waals surface area contributed by atoms with Crippen LogP contribution in [-0.2, 0) is 10.5 Å². The summed E-state index contributed by atoms with van der Waals surface area (Å²) in [6.45, 7) is 4.11. The van der Waals surface area contributed by atoms with Crippen LogP contribution in [-0.4, -0.2) is 23.7 Å². The number of carbonyl (C=O) groups excluding carboxylic acids is 1.